The lowest BCUT2D eigenvalue weighted by Gasteiger charge is -2.36. The maximum absolute atomic E-state index is 13.1. The smallest absolute Gasteiger partial charge is 0.305 e. The number of carbonyl (C=O) groups is 3. The van der Waals surface area contributed by atoms with Crippen LogP contribution in [-0.4, -0.2) is 40.9 Å². The number of piperidine rings is 1. The number of hydrogen-bond donors (Lipinski definition) is 3. The number of nitrogen functional groups attached to an aromatic ring is 1. The van der Waals surface area contributed by atoms with Crippen LogP contribution < -0.4 is 11.1 Å². The molecule has 0 radical (unpaired) electrons. The number of fused-ring (bicyclic) bond motifs is 1. The fourth-order valence-electron chi connectivity index (χ4n) is 4.63. The lowest BCUT2D eigenvalue weighted by atomic mass is 9.85. The first-order valence-electron chi connectivity index (χ1n) is 11.8. The number of rotatable bonds is 7. The van der Waals surface area contributed by atoms with Gasteiger partial charge in [0.2, 0.25) is 11.8 Å². The molecule has 7 nitrogen and oxygen atoms in total. The highest BCUT2D eigenvalue weighted by Crippen LogP contribution is 2.37. The van der Waals surface area contributed by atoms with Gasteiger partial charge in [0.25, 0.3) is 0 Å². The molecule has 0 spiro atoms. The Morgan fingerprint density at radius 2 is 1.95 bits per heavy atom. The second-order valence-corrected chi connectivity index (χ2v) is 10.9. The van der Waals surface area contributed by atoms with E-state index in [4.69, 9.17) is 28.9 Å². The monoisotopic (exact) mass is 559 g/mol. The number of halogens is 2. The normalized spacial score (nSPS) is 18.7. The largest absolute Gasteiger partial charge is 0.481 e. The predicted molar refractivity (Wildman–Crippen MR) is 149 cm³/mol. The third-order valence-electron chi connectivity index (χ3n) is 6.65. The Bertz CT molecular complexity index is 1360. The maximum atomic E-state index is 13.1. The van der Waals surface area contributed by atoms with Gasteiger partial charge in [0.05, 0.1) is 27.2 Å². The molecule has 1 aliphatic heterocycles. The van der Waals surface area contributed by atoms with Crippen LogP contribution in [0.4, 0.5) is 5.69 Å². The van der Waals surface area contributed by atoms with Gasteiger partial charge in [-0.15, -0.1) is 11.3 Å². The summed E-state index contributed by atoms with van der Waals surface area (Å²) in [5.41, 5.74) is 7.63. The van der Waals surface area contributed by atoms with Crippen molar-refractivity contribution in [1.29, 1.82) is 0 Å². The number of carboxylic acid groups (broad SMARTS) is 1. The van der Waals surface area contributed by atoms with Crippen molar-refractivity contribution >= 4 is 74.2 Å². The van der Waals surface area contributed by atoms with Crippen LogP contribution >= 0.6 is 34.5 Å². The Morgan fingerprint density at radius 1 is 1.22 bits per heavy atom. The van der Waals surface area contributed by atoms with Crippen LogP contribution in [0, 0.1) is 11.8 Å². The van der Waals surface area contributed by atoms with E-state index in [1.807, 2.05) is 24.4 Å². The van der Waals surface area contributed by atoms with Crippen molar-refractivity contribution in [2.24, 2.45) is 11.8 Å². The molecule has 1 saturated heterocycles. The molecule has 10 heteroatoms. The number of amides is 2. The van der Waals surface area contributed by atoms with E-state index in [1.165, 1.54) is 17.4 Å². The molecule has 4 rings (SSSR count). The lowest BCUT2D eigenvalue weighted by molar-refractivity contribution is -0.139. The predicted octanol–water partition coefficient (Wildman–Crippen LogP) is 5.62. The van der Waals surface area contributed by atoms with Crippen LogP contribution in [-0.2, 0) is 14.4 Å². The van der Waals surface area contributed by atoms with Crippen molar-refractivity contribution < 1.29 is 19.5 Å². The zero-order valence-electron chi connectivity index (χ0n) is 20.1. The summed E-state index contributed by atoms with van der Waals surface area (Å²) in [6.07, 6.45) is 3.38. The second-order valence-electron chi connectivity index (χ2n) is 9.25. The molecule has 1 aliphatic rings. The van der Waals surface area contributed by atoms with Crippen LogP contribution in [0.2, 0.25) is 10.0 Å². The van der Waals surface area contributed by atoms with Gasteiger partial charge in [-0.25, -0.2) is 0 Å². The van der Waals surface area contributed by atoms with Gasteiger partial charge in [0.1, 0.15) is 0 Å². The van der Waals surface area contributed by atoms with E-state index in [0.717, 1.165) is 10.1 Å². The number of aliphatic carboxylic acids is 1. The summed E-state index contributed by atoms with van der Waals surface area (Å²) in [5, 5.41) is 16.0. The standard InChI is InChI=1S/C27H27Cl2N3O4S/c1-15-14-32(22(33)7-4-17-12-18-9-11-37-26(18)25(29)24(17)28)10-8-20(15)27(36)31-21(13-23(34)35)16-2-5-19(30)6-3-16/h2-7,9,11-12,15,20-21H,8,10,13-14,30H2,1H3,(H,31,36)(H,34,35). The van der Waals surface area contributed by atoms with Crippen molar-refractivity contribution in [2.75, 3.05) is 18.8 Å². The summed E-state index contributed by atoms with van der Waals surface area (Å²) in [6.45, 7) is 2.74. The molecule has 0 bridgehead atoms. The molecular formula is C27H27Cl2N3O4S. The Kier molecular flexibility index (Phi) is 8.42. The maximum Gasteiger partial charge on any atom is 0.305 e. The fourth-order valence-corrected chi connectivity index (χ4v) is 6.06. The number of carbonyl (C=O) groups excluding carboxylic acids is 2. The average Bonchev–Trinajstić information content (AvgIpc) is 3.33. The summed E-state index contributed by atoms with van der Waals surface area (Å²) < 4.78 is 0.909. The quantitative estimate of drug-likeness (QED) is 0.257. The Hall–Kier alpha value is -3.07. The summed E-state index contributed by atoms with van der Waals surface area (Å²) in [7, 11) is 0. The van der Waals surface area contributed by atoms with E-state index in [-0.39, 0.29) is 30.1 Å². The first-order valence-corrected chi connectivity index (χ1v) is 13.5. The molecule has 0 saturated carbocycles. The lowest BCUT2D eigenvalue weighted by Crippen LogP contribution is -2.47. The zero-order chi connectivity index (χ0) is 26.7. The van der Waals surface area contributed by atoms with Crippen molar-refractivity contribution in [2.45, 2.75) is 25.8 Å². The van der Waals surface area contributed by atoms with Crippen LogP contribution in [0.25, 0.3) is 16.2 Å². The highest BCUT2D eigenvalue weighted by Gasteiger charge is 2.34. The number of likely N-dealkylation sites (tertiary alicyclic amines) is 1. The second kappa shape index (κ2) is 11.5. The number of anilines is 1. The highest BCUT2D eigenvalue weighted by molar-refractivity contribution is 7.18. The average molecular weight is 561 g/mol. The van der Waals surface area contributed by atoms with E-state index in [0.29, 0.717) is 46.4 Å². The Labute approximate surface area is 228 Å². The molecule has 2 amide bonds. The Morgan fingerprint density at radius 3 is 2.62 bits per heavy atom. The molecule has 37 heavy (non-hydrogen) atoms. The molecule has 3 atom stereocenters. The Balaban J connectivity index is 1.39. The zero-order valence-corrected chi connectivity index (χ0v) is 22.4. The minimum atomic E-state index is -1.01. The number of carboxylic acids is 1. The van der Waals surface area contributed by atoms with Gasteiger partial charge in [-0.05, 0) is 64.6 Å². The van der Waals surface area contributed by atoms with Crippen LogP contribution in [0.15, 0.2) is 47.9 Å². The van der Waals surface area contributed by atoms with Crippen molar-refractivity contribution in [1.82, 2.24) is 10.2 Å². The first kappa shape index (κ1) is 27.0. The van der Waals surface area contributed by atoms with Gasteiger partial charge in [-0.1, -0.05) is 42.3 Å². The van der Waals surface area contributed by atoms with Gasteiger partial charge < -0.3 is 21.1 Å². The van der Waals surface area contributed by atoms with Gasteiger partial charge >= 0.3 is 5.97 Å². The summed E-state index contributed by atoms with van der Waals surface area (Å²) in [6, 6.07) is 9.97. The summed E-state index contributed by atoms with van der Waals surface area (Å²) in [4.78, 5) is 39.1. The topological polar surface area (TPSA) is 113 Å². The molecule has 0 aliphatic carbocycles. The van der Waals surface area contributed by atoms with Gasteiger partial charge in [-0.3, -0.25) is 14.4 Å². The minimum absolute atomic E-state index is 0.108. The van der Waals surface area contributed by atoms with E-state index in [9.17, 15) is 19.5 Å². The summed E-state index contributed by atoms with van der Waals surface area (Å²) in [5.74, 6) is -1.85. The molecule has 3 aromatic rings. The molecule has 4 N–H and O–H groups in total. The van der Waals surface area contributed by atoms with Crippen LogP contribution in [0.1, 0.15) is 36.9 Å². The van der Waals surface area contributed by atoms with Crippen molar-refractivity contribution in [3.05, 3.63) is 69.0 Å². The SMILES string of the molecule is CC1CN(C(=O)C=Cc2cc3ccsc3c(Cl)c2Cl)CCC1C(=O)NC(CC(=O)O)c1ccc(N)cc1. The van der Waals surface area contributed by atoms with E-state index >= 15 is 0 Å². The molecule has 2 heterocycles. The fraction of sp³-hybridized carbons (Fsp3) is 0.296. The van der Waals surface area contributed by atoms with Crippen LogP contribution in [0.5, 0.6) is 0 Å². The molecule has 1 aromatic heterocycles. The summed E-state index contributed by atoms with van der Waals surface area (Å²) >= 11 is 14.3. The van der Waals surface area contributed by atoms with Gasteiger partial charge in [0, 0.05) is 30.8 Å². The van der Waals surface area contributed by atoms with Gasteiger partial charge in [-0.2, -0.15) is 0 Å². The third-order valence-corrected chi connectivity index (χ3v) is 8.59. The van der Waals surface area contributed by atoms with Crippen LogP contribution in [0.3, 0.4) is 0 Å². The molecule has 1 fully saturated rings. The number of thiophene rings is 1. The van der Waals surface area contributed by atoms with E-state index in [2.05, 4.69) is 5.32 Å². The van der Waals surface area contributed by atoms with Crippen molar-refractivity contribution in [3.8, 4) is 0 Å². The third kappa shape index (κ3) is 6.26. The van der Waals surface area contributed by atoms with Crippen molar-refractivity contribution in [3.63, 3.8) is 0 Å². The number of hydrogen-bond acceptors (Lipinski definition) is 5. The minimum Gasteiger partial charge on any atom is -0.481 e. The first-order chi connectivity index (χ1) is 17.6. The molecule has 3 unspecified atom stereocenters. The van der Waals surface area contributed by atoms with E-state index in [1.54, 1.807) is 35.2 Å². The number of nitrogens with zero attached hydrogens (tertiary/aromatic N) is 1. The van der Waals surface area contributed by atoms with Gasteiger partial charge in [0.15, 0.2) is 0 Å². The number of nitrogens with two attached hydrogens (primary N) is 1. The molecule has 2 aromatic carbocycles. The number of nitrogens with one attached hydrogen (secondary N) is 1. The number of benzene rings is 2. The highest BCUT2D eigenvalue weighted by atomic mass is 35.5. The van der Waals surface area contributed by atoms with E-state index < -0.39 is 12.0 Å². The molecule has 194 valence electrons. The molecular weight excluding hydrogens is 533 g/mol.